The molecule has 0 saturated carbocycles. The minimum atomic E-state index is -0.341. The van der Waals surface area contributed by atoms with Crippen LogP contribution in [-0.4, -0.2) is 21.6 Å². The van der Waals surface area contributed by atoms with Crippen LogP contribution in [0.5, 0.6) is 0 Å². The van der Waals surface area contributed by atoms with E-state index < -0.39 is 0 Å². The highest BCUT2D eigenvalue weighted by atomic mass is 35.5. The Bertz CT molecular complexity index is 961. The van der Waals surface area contributed by atoms with Crippen LogP contribution in [0.3, 0.4) is 0 Å². The van der Waals surface area contributed by atoms with Crippen molar-refractivity contribution in [3.63, 3.8) is 0 Å². The van der Waals surface area contributed by atoms with Crippen molar-refractivity contribution in [2.24, 2.45) is 0 Å². The van der Waals surface area contributed by atoms with Crippen LogP contribution in [-0.2, 0) is 0 Å². The van der Waals surface area contributed by atoms with Crippen molar-refractivity contribution in [3.8, 4) is 0 Å². The van der Waals surface area contributed by atoms with E-state index in [9.17, 15) is 4.79 Å². The highest BCUT2D eigenvalue weighted by Crippen LogP contribution is 2.26. The molecule has 0 saturated heterocycles. The van der Waals surface area contributed by atoms with Gasteiger partial charge in [-0.25, -0.2) is 0 Å². The fourth-order valence-corrected chi connectivity index (χ4v) is 2.64. The van der Waals surface area contributed by atoms with Crippen LogP contribution >= 0.6 is 24.2 Å². The van der Waals surface area contributed by atoms with E-state index in [-0.39, 0.29) is 33.9 Å². The number of benzene rings is 2. The van der Waals surface area contributed by atoms with E-state index in [2.05, 4.69) is 22.9 Å². The molecule has 1 aromatic heterocycles. The zero-order valence-electron chi connectivity index (χ0n) is 14.2. The number of aromatic nitrogens is 1. The number of thiol groups is 1. The molecule has 2 aromatic carbocycles. The predicted molar refractivity (Wildman–Crippen MR) is 114 cm³/mol. The molecule has 0 atom stereocenters. The van der Waals surface area contributed by atoms with E-state index in [1.165, 1.54) is 6.20 Å². The summed E-state index contributed by atoms with van der Waals surface area (Å²) in [6.07, 6.45) is 1.54. The standard InChI is InChI=1S/C18H14ClN3OS.H3N.2H2O/c19-13-3-1-2-4-14(13)22-15-9-10-21-18(23)16(15)17(20)11-5-7-12(24)8-6-11;;;/h1-10,20,24H,(H2,21,22,23);1H3;2*1H2. The van der Waals surface area contributed by atoms with Gasteiger partial charge in [-0.3, -0.25) is 10.2 Å². The highest BCUT2D eigenvalue weighted by molar-refractivity contribution is 7.80. The molecule has 0 aliphatic carbocycles. The van der Waals surface area contributed by atoms with Gasteiger partial charge in [-0.05, 0) is 30.3 Å². The first-order chi connectivity index (χ1) is 11.6. The monoisotopic (exact) mass is 408 g/mol. The number of aromatic amines is 1. The molecule has 0 radical (unpaired) electrons. The van der Waals surface area contributed by atoms with E-state index in [0.717, 1.165) is 4.90 Å². The zero-order valence-corrected chi connectivity index (χ0v) is 15.9. The molecule has 3 aromatic rings. The minimum absolute atomic E-state index is 0. The van der Waals surface area contributed by atoms with Crippen molar-refractivity contribution < 1.29 is 11.0 Å². The van der Waals surface area contributed by atoms with Gasteiger partial charge in [-0.2, -0.15) is 0 Å². The fraction of sp³-hybridized carbons (Fsp3) is 0. The molecule has 1 heterocycles. The molecular weight excluding hydrogens is 388 g/mol. The topological polar surface area (TPSA) is 167 Å². The normalized spacial score (nSPS) is 9.26. The van der Waals surface area contributed by atoms with Crippen LogP contribution in [0.15, 0.2) is 70.5 Å². The van der Waals surface area contributed by atoms with Crippen LogP contribution in [0.1, 0.15) is 11.1 Å². The van der Waals surface area contributed by atoms with Gasteiger partial charge in [0.2, 0.25) is 0 Å². The van der Waals surface area contributed by atoms with Crippen molar-refractivity contribution in [1.82, 2.24) is 11.1 Å². The van der Waals surface area contributed by atoms with E-state index in [4.69, 9.17) is 17.0 Å². The number of H-pyrrole nitrogens is 1. The lowest BCUT2D eigenvalue weighted by molar-refractivity contribution is 0.823. The Labute approximate surface area is 166 Å². The van der Waals surface area contributed by atoms with Crippen LogP contribution < -0.4 is 17.0 Å². The summed E-state index contributed by atoms with van der Waals surface area (Å²) in [4.78, 5) is 15.7. The Hall–Kier alpha value is -2.62. The number of nitrogens with one attached hydrogen (secondary N) is 3. The van der Waals surface area contributed by atoms with Crippen LogP contribution in [0, 0.1) is 5.41 Å². The van der Waals surface area contributed by atoms with Gasteiger partial charge in [0.1, 0.15) is 0 Å². The lowest BCUT2D eigenvalue weighted by Crippen LogP contribution is -2.20. The van der Waals surface area contributed by atoms with Gasteiger partial charge in [0.15, 0.2) is 0 Å². The van der Waals surface area contributed by atoms with Crippen LogP contribution in [0.25, 0.3) is 0 Å². The van der Waals surface area contributed by atoms with Gasteiger partial charge in [0.05, 0.1) is 27.7 Å². The lowest BCUT2D eigenvalue weighted by atomic mass is 10.0. The van der Waals surface area contributed by atoms with E-state index in [1.807, 2.05) is 18.2 Å². The van der Waals surface area contributed by atoms with E-state index in [1.54, 1.807) is 36.4 Å². The van der Waals surface area contributed by atoms with Crippen molar-refractivity contribution in [2.75, 3.05) is 5.32 Å². The molecule has 27 heavy (non-hydrogen) atoms. The first kappa shape index (κ1) is 24.4. The largest absolute Gasteiger partial charge is 0.412 e. The van der Waals surface area contributed by atoms with E-state index in [0.29, 0.717) is 22.0 Å². The molecule has 0 spiro atoms. The molecule has 0 amide bonds. The Morgan fingerprint density at radius 1 is 1.00 bits per heavy atom. The molecule has 3 rings (SSSR count). The summed E-state index contributed by atoms with van der Waals surface area (Å²) in [7, 11) is 0. The Morgan fingerprint density at radius 3 is 2.26 bits per heavy atom. The second kappa shape index (κ2) is 10.5. The maximum absolute atomic E-state index is 12.3. The van der Waals surface area contributed by atoms with E-state index >= 15 is 0 Å². The first-order valence-corrected chi connectivity index (χ1v) is 8.00. The van der Waals surface area contributed by atoms with Gasteiger partial charge in [-0.1, -0.05) is 35.9 Å². The molecule has 10 N–H and O–H groups in total. The molecule has 0 aliphatic rings. The average molecular weight is 409 g/mol. The molecule has 144 valence electrons. The number of halogens is 1. The SMILES string of the molecule is N.N=C(c1ccc(S)cc1)c1c(Nc2ccccc2Cl)cc[nH]c1=O.O.O. The number of pyridine rings is 1. The fourth-order valence-electron chi connectivity index (χ4n) is 2.31. The summed E-state index contributed by atoms with van der Waals surface area (Å²) >= 11 is 10.4. The third-order valence-electron chi connectivity index (χ3n) is 3.51. The Balaban J connectivity index is 0.00000225. The molecule has 7 nitrogen and oxygen atoms in total. The first-order valence-electron chi connectivity index (χ1n) is 7.18. The molecule has 9 heteroatoms. The summed E-state index contributed by atoms with van der Waals surface area (Å²) < 4.78 is 0. The maximum Gasteiger partial charge on any atom is 0.259 e. The summed E-state index contributed by atoms with van der Waals surface area (Å²) in [5.74, 6) is 0. The molecular formula is C18H21ClN4O3S. The Kier molecular flexibility index (Phi) is 9.49. The lowest BCUT2D eigenvalue weighted by Gasteiger charge is -2.13. The number of anilines is 2. The predicted octanol–water partition coefficient (Wildman–Crippen LogP) is 2.99. The summed E-state index contributed by atoms with van der Waals surface area (Å²) in [5.41, 5.74) is 1.86. The zero-order chi connectivity index (χ0) is 17.1. The summed E-state index contributed by atoms with van der Waals surface area (Å²) in [6.45, 7) is 0. The average Bonchev–Trinajstić information content (AvgIpc) is 2.57. The van der Waals surface area contributed by atoms with Crippen molar-refractivity contribution >= 4 is 41.3 Å². The Morgan fingerprint density at radius 2 is 1.63 bits per heavy atom. The summed E-state index contributed by atoms with van der Waals surface area (Å²) in [6, 6.07) is 16.0. The molecule has 0 unspecified atom stereocenters. The summed E-state index contributed by atoms with van der Waals surface area (Å²) in [5, 5.41) is 12.1. The minimum Gasteiger partial charge on any atom is -0.412 e. The number of rotatable bonds is 4. The molecule has 0 fully saturated rings. The van der Waals surface area contributed by atoms with Crippen molar-refractivity contribution in [1.29, 1.82) is 5.41 Å². The van der Waals surface area contributed by atoms with Crippen molar-refractivity contribution in [2.45, 2.75) is 4.90 Å². The molecule has 0 bridgehead atoms. The van der Waals surface area contributed by atoms with Gasteiger partial charge < -0.3 is 27.4 Å². The van der Waals surface area contributed by atoms with Crippen molar-refractivity contribution in [3.05, 3.63) is 87.3 Å². The second-order valence-electron chi connectivity index (χ2n) is 5.12. The second-order valence-corrected chi connectivity index (χ2v) is 6.05. The van der Waals surface area contributed by atoms with Crippen LogP contribution in [0.2, 0.25) is 5.02 Å². The maximum atomic E-state index is 12.3. The number of hydrogen-bond acceptors (Lipinski definition) is 5. The van der Waals surface area contributed by atoms with Crippen LogP contribution in [0.4, 0.5) is 11.4 Å². The number of para-hydroxylation sites is 1. The highest BCUT2D eigenvalue weighted by Gasteiger charge is 2.15. The van der Waals surface area contributed by atoms with Gasteiger partial charge in [-0.15, -0.1) is 12.6 Å². The third kappa shape index (κ3) is 5.43. The van der Waals surface area contributed by atoms with Gasteiger partial charge >= 0.3 is 0 Å². The quantitative estimate of drug-likeness (QED) is 0.331. The smallest absolute Gasteiger partial charge is 0.259 e. The molecule has 0 aliphatic heterocycles. The van der Waals surface area contributed by atoms with Gasteiger partial charge in [0.25, 0.3) is 5.56 Å². The third-order valence-corrected chi connectivity index (χ3v) is 4.14. The number of hydrogen-bond donors (Lipinski definition) is 5. The van der Waals surface area contributed by atoms with Gasteiger partial charge in [0, 0.05) is 16.7 Å².